The predicted molar refractivity (Wildman–Crippen MR) is 93.6 cm³/mol. The molecule has 1 aliphatic carbocycles. The van der Waals surface area contributed by atoms with Crippen LogP contribution in [0, 0.1) is 5.92 Å². The molecular formula is C20H23NO3. The lowest BCUT2D eigenvalue weighted by Gasteiger charge is -2.27. The summed E-state index contributed by atoms with van der Waals surface area (Å²) in [5.41, 5.74) is 4.85. The predicted octanol–water partition coefficient (Wildman–Crippen LogP) is 5.05. The van der Waals surface area contributed by atoms with Crippen molar-refractivity contribution in [3.8, 4) is 16.9 Å². The van der Waals surface area contributed by atoms with E-state index in [-0.39, 0.29) is 5.92 Å². The normalized spacial score (nSPS) is 16.8. The molecule has 0 radical (unpaired) electrons. The van der Waals surface area contributed by atoms with E-state index in [2.05, 4.69) is 6.92 Å². The highest BCUT2D eigenvalue weighted by atomic mass is 16.7. The zero-order valence-electron chi connectivity index (χ0n) is 14.4. The maximum Gasteiger partial charge on any atom is 0.511 e. The summed E-state index contributed by atoms with van der Waals surface area (Å²) >= 11 is 0. The summed E-state index contributed by atoms with van der Waals surface area (Å²) in [6.07, 6.45) is 1.66. The van der Waals surface area contributed by atoms with Gasteiger partial charge in [-0.25, -0.2) is 4.79 Å². The standard InChI is InChI=1S/C20H23NO3/c1-12(2)18-19(24-20(22)23)17(14-7-5-4-6-8-14)15-11-13(3)9-10-16(15)21-18/h4-8,12-13H,9-11H2,1-3H3,(H,22,23). The lowest BCUT2D eigenvalue weighted by molar-refractivity contribution is 0.144. The first kappa shape index (κ1) is 16.5. The lowest BCUT2D eigenvalue weighted by atomic mass is 9.82. The van der Waals surface area contributed by atoms with Crippen LogP contribution >= 0.6 is 0 Å². The number of rotatable bonds is 3. The van der Waals surface area contributed by atoms with Crippen LogP contribution < -0.4 is 4.74 Å². The summed E-state index contributed by atoms with van der Waals surface area (Å²) in [4.78, 5) is 16.1. The fraction of sp³-hybridized carbons (Fsp3) is 0.400. The topological polar surface area (TPSA) is 59.4 Å². The summed E-state index contributed by atoms with van der Waals surface area (Å²) < 4.78 is 5.25. The highest BCUT2D eigenvalue weighted by Crippen LogP contribution is 2.43. The number of nitrogens with zero attached hydrogens (tertiary/aromatic N) is 1. The second-order valence-electron chi connectivity index (χ2n) is 6.86. The molecular weight excluding hydrogens is 302 g/mol. The molecule has 1 aliphatic rings. The minimum absolute atomic E-state index is 0.0893. The van der Waals surface area contributed by atoms with Crippen molar-refractivity contribution in [3.63, 3.8) is 0 Å². The molecule has 0 bridgehead atoms. The molecule has 0 amide bonds. The fourth-order valence-corrected chi connectivity index (χ4v) is 3.43. The second-order valence-corrected chi connectivity index (χ2v) is 6.86. The van der Waals surface area contributed by atoms with Gasteiger partial charge in [0.05, 0.1) is 5.69 Å². The van der Waals surface area contributed by atoms with Gasteiger partial charge >= 0.3 is 6.16 Å². The summed E-state index contributed by atoms with van der Waals surface area (Å²) in [5.74, 6) is 1.05. The van der Waals surface area contributed by atoms with Gasteiger partial charge in [-0.05, 0) is 42.2 Å². The van der Waals surface area contributed by atoms with Crippen LogP contribution in [0.2, 0.25) is 0 Å². The van der Waals surface area contributed by atoms with Crippen molar-refractivity contribution >= 4 is 6.16 Å². The SMILES string of the molecule is CC1CCc2nc(C(C)C)c(OC(=O)O)c(-c3ccccc3)c2C1. The second kappa shape index (κ2) is 6.63. The summed E-state index contributed by atoms with van der Waals surface area (Å²) in [7, 11) is 0. The molecule has 1 aromatic carbocycles. The Morgan fingerprint density at radius 3 is 2.62 bits per heavy atom. The average Bonchev–Trinajstić information content (AvgIpc) is 2.54. The van der Waals surface area contributed by atoms with Gasteiger partial charge in [-0.2, -0.15) is 0 Å². The van der Waals surface area contributed by atoms with Crippen LogP contribution in [0.5, 0.6) is 5.75 Å². The third-order valence-corrected chi connectivity index (χ3v) is 4.59. The average molecular weight is 325 g/mol. The monoisotopic (exact) mass is 325 g/mol. The molecule has 3 rings (SSSR count). The molecule has 0 saturated carbocycles. The number of benzene rings is 1. The summed E-state index contributed by atoms with van der Waals surface area (Å²) in [5, 5.41) is 9.25. The third kappa shape index (κ3) is 3.14. The van der Waals surface area contributed by atoms with Crippen molar-refractivity contribution in [2.45, 2.75) is 46.0 Å². The van der Waals surface area contributed by atoms with Gasteiger partial charge in [0.2, 0.25) is 0 Å². The number of aryl methyl sites for hydroxylation is 1. The number of pyridine rings is 1. The van der Waals surface area contributed by atoms with Crippen LogP contribution in [0.4, 0.5) is 4.79 Å². The Bertz CT molecular complexity index is 753. The van der Waals surface area contributed by atoms with E-state index >= 15 is 0 Å². The van der Waals surface area contributed by atoms with E-state index in [1.54, 1.807) is 0 Å². The van der Waals surface area contributed by atoms with Crippen LogP contribution in [-0.4, -0.2) is 16.2 Å². The molecule has 0 saturated heterocycles. The molecule has 126 valence electrons. The van der Waals surface area contributed by atoms with Crippen molar-refractivity contribution in [1.82, 2.24) is 4.98 Å². The van der Waals surface area contributed by atoms with Gasteiger partial charge in [0.15, 0.2) is 5.75 Å². The van der Waals surface area contributed by atoms with Crippen LogP contribution in [0.15, 0.2) is 30.3 Å². The van der Waals surface area contributed by atoms with Crippen LogP contribution in [0.3, 0.4) is 0 Å². The van der Waals surface area contributed by atoms with Crippen molar-refractivity contribution < 1.29 is 14.6 Å². The van der Waals surface area contributed by atoms with Crippen LogP contribution in [0.25, 0.3) is 11.1 Å². The lowest BCUT2D eigenvalue weighted by Crippen LogP contribution is -2.18. The quantitative estimate of drug-likeness (QED) is 0.802. The number of hydrogen-bond donors (Lipinski definition) is 1. The molecule has 1 unspecified atom stereocenters. The molecule has 0 aliphatic heterocycles. The Hall–Kier alpha value is -2.36. The Morgan fingerprint density at radius 2 is 2.00 bits per heavy atom. The largest absolute Gasteiger partial charge is 0.511 e. The molecule has 1 N–H and O–H groups in total. The van der Waals surface area contributed by atoms with Crippen LogP contribution in [0.1, 0.15) is 50.1 Å². The zero-order chi connectivity index (χ0) is 17.3. The van der Waals surface area contributed by atoms with E-state index in [1.165, 1.54) is 0 Å². The van der Waals surface area contributed by atoms with Crippen molar-refractivity contribution in [1.29, 1.82) is 0 Å². The number of fused-ring (bicyclic) bond motifs is 1. The molecule has 1 aromatic heterocycles. The van der Waals surface area contributed by atoms with Gasteiger partial charge in [-0.15, -0.1) is 0 Å². The smallest absolute Gasteiger partial charge is 0.449 e. The van der Waals surface area contributed by atoms with Gasteiger partial charge in [0.1, 0.15) is 0 Å². The maximum atomic E-state index is 11.3. The van der Waals surface area contributed by atoms with E-state index in [4.69, 9.17) is 9.72 Å². The number of carbonyl (C=O) groups is 1. The maximum absolute atomic E-state index is 11.3. The van der Waals surface area contributed by atoms with Crippen molar-refractivity contribution in [3.05, 3.63) is 47.3 Å². The first-order valence-electron chi connectivity index (χ1n) is 8.49. The third-order valence-electron chi connectivity index (χ3n) is 4.59. The molecule has 1 heterocycles. The van der Waals surface area contributed by atoms with Crippen molar-refractivity contribution in [2.24, 2.45) is 5.92 Å². The molecule has 24 heavy (non-hydrogen) atoms. The number of aromatic nitrogens is 1. The van der Waals surface area contributed by atoms with E-state index in [0.29, 0.717) is 11.7 Å². The summed E-state index contributed by atoms with van der Waals surface area (Å²) in [6, 6.07) is 9.91. The van der Waals surface area contributed by atoms with E-state index in [0.717, 1.165) is 47.3 Å². The van der Waals surface area contributed by atoms with Gasteiger partial charge in [0, 0.05) is 11.3 Å². The molecule has 1 atom stereocenters. The Labute approximate surface area is 142 Å². The van der Waals surface area contributed by atoms with Crippen LogP contribution in [-0.2, 0) is 12.8 Å². The Kier molecular flexibility index (Phi) is 4.56. The Morgan fingerprint density at radius 1 is 1.29 bits per heavy atom. The minimum Gasteiger partial charge on any atom is -0.449 e. The molecule has 0 spiro atoms. The van der Waals surface area contributed by atoms with Gasteiger partial charge in [-0.3, -0.25) is 4.98 Å². The number of hydrogen-bond acceptors (Lipinski definition) is 3. The highest BCUT2D eigenvalue weighted by molar-refractivity contribution is 5.79. The van der Waals surface area contributed by atoms with E-state index in [1.807, 2.05) is 44.2 Å². The van der Waals surface area contributed by atoms with Gasteiger partial charge < -0.3 is 9.84 Å². The zero-order valence-corrected chi connectivity index (χ0v) is 14.4. The first-order valence-corrected chi connectivity index (χ1v) is 8.49. The van der Waals surface area contributed by atoms with Gasteiger partial charge in [0.25, 0.3) is 0 Å². The van der Waals surface area contributed by atoms with Crippen molar-refractivity contribution in [2.75, 3.05) is 0 Å². The highest BCUT2D eigenvalue weighted by Gasteiger charge is 2.28. The number of ether oxygens (including phenoxy) is 1. The number of carboxylic acid groups (broad SMARTS) is 1. The fourth-order valence-electron chi connectivity index (χ4n) is 3.43. The van der Waals surface area contributed by atoms with Gasteiger partial charge in [-0.1, -0.05) is 51.1 Å². The van der Waals surface area contributed by atoms with E-state index < -0.39 is 6.16 Å². The molecule has 4 nitrogen and oxygen atoms in total. The Balaban J connectivity index is 2.32. The van der Waals surface area contributed by atoms with E-state index in [9.17, 15) is 9.90 Å². The molecule has 2 aromatic rings. The molecule has 4 heteroatoms. The molecule has 0 fully saturated rings. The first-order chi connectivity index (χ1) is 11.5. The minimum atomic E-state index is -1.29. The summed E-state index contributed by atoms with van der Waals surface area (Å²) in [6.45, 7) is 6.26.